The van der Waals surface area contributed by atoms with Gasteiger partial charge in [-0.15, -0.1) is 6.42 Å². The molecule has 1 aliphatic rings. The second-order valence-corrected chi connectivity index (χ2v) is 5.94. The number of phosphoric ester groups is 1. The van der Waals surface area contributed by atoms with Crippen LogP contribution < -0.4 is 11.2 Å². The molecule has 0 radical (unpaired) electrons. The first-order valence-corrected chi connectivity index (χ1v) is 7.65. The van der Waals surface area contributed by atoms with Gasteiger partial charge in [-0.05, 0) is 0 Å². The van der Waals surface area contributed by atoms with E-state index in [4.69, 9.17) is 17.6 Å². The summed E-state index contributed by atoms with van der Waals surface area (Å²) in [6.07, 6.45) is -2.28. The number of aromatic nitrogens is 2. The van der Waals surface area contributed by atoms with Crippen molar-refractivity contribution in [2.45, 2.75) is 24.3 Å². The Kier molecular flexibility index (Phi) is 4.41. The summed E-state index contributed by atoms with van der Waals surface area (Å²) in [5.74, 6) is -1.56. The third-order valence-corrected chi connectivity index (χ3v) is 3.50. The van der Waals surface area contributed by atoms with Gasteiger partial charge < -0.3 is 24.7 Å². The Balaban J connectivity index is 2.49. The number of halogens is 1. The molecule has 0 saturated carbocycles. The first kappa shape index (κ1) is 17.0. The Morgan fingerprint density at radius 2 is 2.21 bits per heavy atom. The predicted octanol–water partition coefficient (Wildman–Crippen LogP) is -2.46. The van der Waals surface area contributed by atoms with Crippen molar-refractivity contribution >= 4 is 7.82 Å². The average Bonchev–Trinajstić information content (AvgIpc) is 2.67. The van der Waals surface area contributed by atoms with E-state index in [1.807, 2.05) is 5.92 Å². The minimum absolute atomic E-state index is 0.219. The van der Waals surface area contributed by atoms with Crippen molar-refractivity contribution in [1.29, 1.82) is 0 Å². The van der Waals surface area contributed by atoms with Crippen molar-refractivity contribution in [3.05, 3.63) is 32.6 Å². The van der Waals surface area contributed by atoms with Crippen molar-refractivity contribution in [2.24, 2.45) is 0 Å². The highest BCUT2D eigenvalue weighted by molar-refractivity contribution is 7.46. The van der Waals surface area contributed by atoms with Gasteiger partial charge in [-0.25, -0.2) is 13.8 Å². The lowest BCUT2D eigenvalue weighted by Gasteiger charge is -2.22. The number of terminal acetylenes is 1. The van der Waals surface area contributed by atoms with Crippen LogP contribution in [0.2, 0.25) is 0 Å². The topological polar surface area (TPSA) is 171 Å². The third kappa shape index (κ3) is 3.47. The Bertz CT molecular complexity index is 891. The smallest absolute Gasteiger partial charge is 0.385 e. The zero-order valence-electron chi connectivity index (χ0n) is 12.6. The molecule has 4 atom stereocenters. The van der Waals surface area contributed by atoms with Crippen LogP contribution >= 0.6 is 7.82 Å². The number of nitrogens with zero attached hydrogens (tertiary/aromatic N) is 1. The molecule has 1 fully saturated rings. The van der Waals surface area contributed by atoms with E-state index in [0.29, 0.717) is 6.20 Å². The molecule has 2 rings (SSSR count). The van der Waals surface area contributed by atoms with Crippen LogP contribution in [0.5, 0.6) is 0 Å². The molecule has 0 unspecified atom stereocenters. The second kappa shape index (κ2) is 6.23. The van der Waals surface area contributed by atoms with Crippen LogP contribution in [0, 0.1) is 12.3 Å². The maximum absolute atomic E-state index is 14.6. The number of H-pyrrole nitrogens is 1. The summed E-state index contributed by atoms with van der Waals surface area (Å²) in [6, 6.07) is 0. The lowest BCUT2D eigenvalue weighted by molar-refractivity contribution is -0.205. The number of ether oxygens (including phenoxy) is 1. The van der Waals surface area contributed by atoms with Crippen molar-refractivity contribution in [2.75, 3.05) is 6.61 Å². The zero-order valence-corrected chi connectivity index (χ0v) is 12.5. The van der Waals surface area contributed by atoms with Crippen molar-refractivity contribution in [3.8, 4) is 12.3 Å². The summed E-state index contributed by atoms with van der Waals surface area (Å²) < 4.78 is 41.9. The monoisotopic (exact) mass is 367 g/mol. The van der Waals surface area contributed by atoms with Crippen molar-refractivity contribution < 1.29 is 39.6 Å². The van der Waals surface area contributed by atoms with Gasteiger partial charge >= 0.3 is 13.5 Å². The summed E-state index contributed by atoms with van der Waals surface area (Å²) in [4.78, 5) is 42.2. The number of aliphatic hydroxyl groups excluding tert-OH is 2. The summed E-state index contributed by atoms with van der Waals surface area (Å²) in [7, 11) is -5.17. The van der Waals surface area contributed by atoms with Gasteiger partial charge in [0.15, 0.2) is 6.20 Å². The molecule has 11 nitrogen and oxygen atoms in total. The molecule has 132 valence electrons. The fourth-order valence-electron chi connectivity index (χ4n) is 1.88. The molecule has 0 aliphatic carbocycles. The molecule has 0 bridgehead atoms. The molecular formula is C11H12FN2O9P. The molecule has 0 aromatic carbocycles. The SMILES string of the molecule is [2H][C@@]1(n2cc(C#C)c(=O)[nH]c2=O)O[C@](F)(COP(=O)(O)O)[C@@H](O)[C@H]1O. The number of hydrogen-bond donors (Lipinski definition) is 5. The van der Waals surface area contributed by atoms with Gasteiger partial charge in [-0.1, -0.05) is 5.92 Å². The second-order valence-electron chi connectivity index (χ2n) is 4.70. The van der Waals surface area contributed by atoms with Crippen LogP contribution in [0.3, 0.4) is 0 Å². The summed E-state index contributed by atoms with van der Waals surface area (Å²) in [5, 5.41) is 19.7. The van der Waals surface area contributed by atoms with Crippen LogP contribution in [0.25, 0.3) is 0 Å². The number of rotatable bonds is 4. The molecule has 2 heterocycles. The fraction of sp³-hybridized carbons (Fsp3) is 0.455. The lowest BCUT2D eigenvalue weighted by Crippen LogP contribution is -2.43. The van der Waals surface area contributed by atoms with Gasteiger partial charge in [0.05, 0.1) is 1.37 Å². The lowest BCUT2D eigenvalue weighted by atomic mass is 10.1. The first-order valence-electron chi connectivity index (χ1n) is 6.62. The van der Waals surface area contributed by atoms with E-state index >= 15 is 0 Å². The quantitative estimate of drug-likeness (QED) is 0.286. The van der Waals surface area contributed by atoms with Crippen LogP contribution in [-0.4, -0.2) is 54.2 Å². The van der Waals surface area contributed by atoms with E-state index in [9.17, 15) is 28.8 Å². The normalized spacial score (nSPS) is 33.9. The van der Waals surface area contributed by atoms with Crippen LogP contribution in [0.4, 0.5) is 4.39 Å². The number of hydrogen-bond acceptors (Lipinski definition) is 7. The largest absolute Gasteiger partial charge is 0.469 e. The predicted molar refractivity (Wildman–Crippen MR) is 73.2 cm³/mol. The van der Waals surface area contributed by atoms with E-state index in [1.165, 1.54) is 0 Å². The highest BCUT2D eigenvalue weighted by Crippen LogP contribution is 2.43. The zero-order chi connectivity index (χ0) is 19.2. The van der Waals surface area contributed by atoms with E-state index in [2.05, 4.69) is 9.26 Å². The molecule has 1 saturated heterocycles. The molecule has 1 aromatic heterocycles. The maximum atomic E-state index is 14.6. The molecule has 0 spiro atoms. The highest BCUT2D eigenvalue weighted by atomic mass is 31.2. The van der Waals surface area contributed by atoms with Gasteiger partial charge in [0.1, 0.15) is 24.4 Å². The van der Waals surface area contributed by atoms with Gasteiger partial charge in [0.25, 0.3) is 11.4 Å². The maximum Gasteiger partial charge on any atom is 0.469 e. The van der Waals surface area contributed by atoms with E-state index in [0.717, 1.165) is 0 Å². The Morgan fingerprint density at radius 3 is 2.75 bits per heavy atom. The van der Waals surface area contributed by atoms with Gasteiger partial charge in [-0.2, -0.15) is 0 Å². The first-order chi connectivity index (χ1) is 11.3. The van der Waals surface area contributed by atoms with Crippen LogP contribution in [-0.2, 0) is 13.8 Å². The van der Waals surface area contributed by atoms with Gasteiger partial charge in [0, 0.05) is 6.20 Å². The van der Waals surface area contributed by atoms with E-state index in [1.54, 1.807) is 4.98 Å². The van der Waals surface area contributed by atoms with Gasteiger partial charge in [0.2, 0.25) is 0 Å². The summed E-state index contributed by atoms with van der Waals surface area (Å²) in [6.45, 7) is -1.56. The molecule has 1 aromatic rings. The molecule has 24 heavy (non-hydrogen) atoms. The van der Waals surface area contributed by atoms with Gasteiger partial charge in [-0.3, -0.25) is 18.9 Å². The molecule has 0 amide bonds. The summed E-state index contributed by atoms with van der Waals surface area (Å²) in [5.41, 5.74) is -2.76. The minimum atomic E-state index is -5.17. The fourth-order valence-corrected chi connectivity index (χ4v) is 2.23. The molecule has 13 heteroatoms. The van der Waals surface area contributed by atoms with Crippen molar-refractivity contribution in [3.63, 3.8) is 0 Å². The number of alkyl halides is 1. The van der Waals surface area contributed by atoms with Crippen LogP contribution in [0.1, 0.15) is 13.1 Å². The number of aliphatic hydroxyl groups is 2. The molecule has 1 aliphatic heterocycles. The van der Waals surface area contributed by atoms with Crippen molar-refractivity contribution in [1.82, 2.24) is 9.55 Å². The highest BCUT2D eigenvalue weighted by Gasteiger charge is 2.57. The number of nitrogens with one attached hydrogen (secondary N) is 1. The number of phosphoric acid groups is 1. The average molecular weight is 367 g/mol. The van der Waals surface area contributed by atoms with E-state index in [-0.39, 0.29) is 4.57 Å². The minimum Gasteiger partial charge on any atom is -0.385 e. The Morgan fingerprint density at radius 1 is 1.58 bits per heavy atom. The van der Waals surface area contributed by atoms with E-state index < -0.39 is 55.5 Å². The molecule has 5 N–H and O–H groups in total. The Labute approximate surface area is 133 Å². The third-order valence-electron chi connectivity index (χ3n) is 3.03. The number of aromatic amines is 1. The standard InChI is InChI=1S/C11H12FN2O9P/c1-2-5-3-14(10(18)13-8(5)17)9-6(15)7(16)11(12,23-9)4-22-24(19,20)21/h1,3,6-7,9,15-16H,4H2,(H,13,17,18)(H2,19,20,21)/t6-,7+,9-,11-/m1/s1/i9D. The van der Waals surface area contributed by atoms with Crippen LogP contribution in [0.15, 0.2) is 15.8 Å². The summed E-state index contributed by atoms with van der Waals surface area (Å²) >= 11 is 0. The Hall–Kier alpha value is -1.84. The molecular weight excluding hydrogens is 354 g/mol.